The molecule has 2 aromatic rings. The second-order valence-corrected chi connectivity index (χ2v) is 8.09. The zero-order valence-electron chi connectivity index (χ0n) is 15.9. The van der Waals surface area contributed by atoms with Gasteiger partial charge in [0.2, 0.25) is 17.8 Å². The van der Waals surface area contributed by atoms with Crippen molar-refractivity contribution in [2.45, 2.75) is 43.6 Å². The molecule has 3 N–H and O–H groups in total. The Hall–Kier alpha value is -2.42. The van der Waals surface area contributed by atoms with Crippen LogP contribution in [0.25, 0.3) is 0 Å². The van der Waals surface area contributed by atoms with Crippen molar-refractivity contribution in [3.63, 3.8) is 0 Å². The van der Waals surface area contributed by atoms with E-state index in [0.717, 1.165) is 25.9 Å². The average molecular weight is 405 g/mol. The van der Waals surface area contributed by atoms with E-state index in [1.807, 2.05) is 11.8 Å². The molecular formula is C19H25FN6OS. The van der Waals surface area contributed by atoms with Crippen molar-refractivity contribution >= 4 is 35.3 Å². The third-order valence-electron chi connectivity index (χ3n) is 4.53. The van der Waals surface area contributed by atoms with Gasteiger partial charge in [-0.1, -0.05) is 12.8 Å². The van der Waals surface area contributed by atoms with Gasteiger partial charge in [-0.2, -0.15) is 15.0 Å². The van der Waals surface area contributed by atoms with E-state index in [1.165, 1.54) is 36.7 Å². The number of nitrogen functional groups attached to an aromatic ring is 1. The molecule has 1 amide bonds. The van der Waals surface area contributed by atoms with E-state index in [0.29, 0.717) is 23.2 Å². The van der Waals surface area contributed by atoms with E-state index in [-0.39, 0.29) is 22.9 Å². The molecular weight excluding hydrogens is 379 g/mol. The third-order valence-corrected chi connectivity index (χ3v) is 5.65. The lowest BCUT2D eigenvalue weighted by atomic mass is 10.2. The van der Waals surface area contributed by atoms with Crippen molar-refractivity contribution in [2.75, 3.05) is 24.1 Å². The van der Waals surface area contributed by atoms with Gasteiger partial charge in [-0.15, -0.1) is 11.8 Å². The summed E-state index contributed by atoms with van der Waals surface area (Å²) in [5, 5.41) is 2.81. The summed E-state index contributed by atoms with van der Waals surface area (Å²) in [6, 6.07) is 5.87. The van der Waals surface area contributed by atoms with Crippen LogP contribution < -0.4 is 11.1 Å². The number of nitrogens with two attached hydrogens (primary N) is 1. The van der Waals surface area contributed by atoms with Gasteiger partial charge in [-0.05, 0) is 44.0 Å². The first-order chi connectivity index (χ1) is 13.5. The van der Waals surface area contributed by atoms with E-state index in [4.69, 9.17) is 5.73 Å². The molecule has 1 aromatic heterocycles. The van der Waals surface area contributed by atoms with Gasteiger partial charge >= 0.3 is 0 Å². The fourth-order valence-corrected chi connectivity index (χ4v) is 3.86. The summed E-state index contributed by atoms with van der Waals surface area (Å²) < 4.78 is 13.0. The second kappa shape index (κ2) is 9.68. The number of anilines is 3. The minimum absolute atomic E-state index is 0.0988. The summed E-state index contributed by atoms with van der Waals surface area (Å²) in [5.74, 6) is 1.19. The summed E-state index contributed by atoms with van der Waals surface area (Å²) in [5.41, 5.74) is 6.44. The number of halogens is 1. The van der Waals surface area contributed by atoms with Crippen molar-refractivity contribution in [1.82, 2.24) is 19.9 Å². The molecule has 0 bridgehead atoms. The van der Waals surface area contributed by atoms with E-state index < -0.39 is 0 Å². The molecule has 3 rings (SSSR count). The van der Waals surface area contributed by atoms with Crippen molar-refractivity contribution < 1.29 is 9.18 Å². The summed E-state index contributed by atoms with van der Waals surface area (Å²) >= 11 is 1.49. The molecule has 9 heteroatoms. The number of carbonyl (C=O) groups is 1. The van der Waals surface area contributed by atoms with Crippen molar-refractivity contribution in [3.05, 3.63) is 35.9 Å². The quantitative estimate of drug-likeness (QED) is 0.762. The van der Waals surface area contributed by atoms with Gasteiger partial charge in [-0.25, -0.2) is 4.39 Å². The Labute approximate surface area is 168 Å². The Bertz CT molecular complexity index is 796. The van der Waals surface area contributed by atoms with Crippen LogP contribution in [0.3, 0.4) is 0 Å². The lowest BCUT2D eigenvalue weighted by Gasteiger charge is -2.23. The Morgan fingerprint density at radius 3 is 2.54 bits per heavy atom. The fourth-order valence-electron chi connectivity index (χ4n) is 3.04. The topological polar surface area (TPSA) is 97.0 Å². The minimum Gasteiger partial charge on any atom is -0.368 e. The van der Waals surface area contributed by atoms with Crippen LogP contribution in [-0.2, 0) is 10.5 Å². The number of aromatic nitrogens is 3. The zero-order valence-corrected chi connectivity index (χ0v) is 16.7. The molecule has 1 aliphatic heterocycles. The van der Waals surface area contributed by atoms with Crippen LogP contribution in [0.5, 0.6) is 0 Å². The lowest BCUT2D eigenvalue weighted by Crippen LogP contribution is -2.37. The average Bonchev–Trinajstić information content (AvgIpc) is 2.96. The molecule has 0 radical (unpaired) electrons. The maximum Gasteiger partial charge on any atom is 0.235 e. The van der Waals surface area contributed by atoms with Crippen LogP contribution in [-0.4, -0.2) is 44.1 Å². The molecule has 150 valence electrons. The molecule has 0 aliphatic carbocycles. The molecule has 1 fully saturated rings. The van der Waals surface area contributed by atoms with Crippen LogP contribution >= 0.6 is 11.8 Å². The summed E-state index contributed by atoms with van der Waals surface area (Å²) in [7, 11) is 0. The number of nitrogens with zero attached hydrogens (tertiary/aromatic N) is 4. The molecule has 1 aromatic carbocycles. The van der Waals surface area contributed by atoms with Crippen molar-refractivity contribution in [3.8, 4) is 0 Å². The molecule has 1 aliphatic rings. The second-order valence-electron chi connectivity index (χ2n) is 6.76. The molecule has 0 spiro atoms. The van der Waals surface area contributed by atoms with Crippen LogP contribution in [0.4, 0.5) is 22.0 Å². The number of carbonyl (C=O) groups excluding carboxylic acids is 1. The number of thioether (sulfide) groups is 1. The monoisotopic (exact) mass is 404 g/mol. The van der Waals surface area contributed by atoms with Gasteiger partial charge in [0.05, 0.1) is 11.0 Å². The van der Waals surface area contributed by atoms with Crippen molar-refractivity contribution in [1.29, 1.82) is 0 Å². The predicted molar refractivity (Wildman–Crippen MR) is 110 cm³/mol. The molecule has 1 saturated heterocycles. The highest BCUT2D eigenvalue weighted by atomic mass is 32.2. The highest BCUT2D eigenvalue weighted by molar-refractivity contribution is 7.99. The van der Waals surface area contributed by atoms with Crippen LogP contribution in [0.1, 0.15) is 38.4 Å². The predicted octanol–water partition coefficient (Wildman–Crippen LogP) is 3.36. The third kappa shape index (κ3) is 5.79. The minimum atomic E-state index is -0.319. The maximum absolute atomic E-state index is 13.0. The lowest BCUT2D eigenvalue weighted by molar-refractivity contribution is -0.130. The standard InChI is InChI=1S/C19H25FN6OS/c1-13(17(27)26-10-4-2-3-5-11-26)28-12-16-23-18(21)25-19(24-16)22-15-8-6-14(20)7-9-15/h6-9,13H,2-5,10-12H2,1H3,(H3,21,22,23,24,25). The highest BCUT2D eigenvalue weighted by Gasteiger charge is 2.22. The van der Waals surface area contributed by atoms with Gasteiger partial charge in [0.25, 0.3) is 0 Å². The molecule has 28 heavy (non-hydrogen) atoms. The van der Waals surface area contributed by atoms with Crippen LogP contribution in [0, 0.1) is 5.82 Å². The number of hydrogen-bond donors (Lipinski definition) is 2. The van der Waals surface area contributed by atoms with Gasteiger partial charge < -0.3 is 16.0 Å². The fraction of sp³-hybridized carbons (Fsp3) is 0.474. The van der Waals surface area contributed by atoms with Gasteiger partial charge in [0.15, 0.2) is 0 Å². The van der Waals surface area contributed by atoms with E-state index in [9.17, 15) is 9.18 Å². The molecule has 2 heterocycles. The zero-order chi connectivity index (χ0) is 19.9. The highest BCUT2D eigenvalue weighted by Crippen LogP contribution is 2.21. The number of hydrogen-bond acceptors (Lipinski definition) is 7. The van der Waals surface area contributed by atoms with Gasteiger partial charge in [0.1, 0.15) is 11.6 Å². The normalized spacial score (nSPS) is 15.7. The van der Waals surface area contributed by atoms with E-state index >= 15 is 0 Å². The number of likely N-dealkylation sites (tertiary alicyclic amines) is 1. The van der Waals surface area contributed by atoms with E-state index in [1.54, 1.807) is 12.1 Å². The number of rotatable bonds is 6. The summed E-state index contributed by atoms with van der Waals surface area (Å²) in [4.78, 5) is 27.2. The van der Waals surface area contributed by atoms with Gasteiger partial charge in [0, 0.05) is 18.8 Å². The maximum atomic E-state index is 13.0. The van der Waals surface area contributed by atoms with Gasteiger partial charge in [-0.3, -0.25) is 4.79 Å². The Morgan fingerprint density at radius 2 is 1.86 bits per heavy atom. The molecule has 1 atom stereocenters. The van der Waals surface area contributed by atoms with Crippen LogP contribution in [0.15, 0.2) is 24.3 Å². The van der Waals surface area contributed by atoms with E-state index in [2.05, 4.69) is 20.3 Å². The Kier molecular flexibility index (Phi) is 7.02. The molecule has 7 nitrogen and oxygen atoms in total. The van der Waals surface area contributed by atoms with Crippen LogP contribution in [0.2, 0.25) is 0 Å². The Morgan fingerprint density at radius 1 is 1.18 bits per heavy atom. The Balaban J connectivity index is 1.59. The SMILES string of the molecule is CC(SCc1nc(N)nc(Nc2ccc(F)cc2)n1)C(=O)N1CCCCCC1. The number of amides is 1. The smallest absolute Gasteiger partial charge is 0.235 e. The first kappa shape index (κ1) is 20.3. The largest absolute Gasteiger partial charge is 0.368 e. The molecule has 1 unspecified atom stereocenters. The first-order valence-corrected chi connectivity index (χ1v) is 10.5. The summed E-state index contributed by atoms with van der Waals surface area (Å²) in [6.45, 7) is 3.60. The molecule has 0 saturated carbocycles. The number of benzene rings is 1. The first-order valence-electron chi connectivity index (χ1n) is 9.44. The van der Waals surface area contributed by atoms with Crippen molar-refractivity contribution in [2.24, 2.45) is 0 Å². The summed E-state index contributed by atoms with van der Waals surface area (Å²) in [6.07, 6.45) is 4.54. The number of nitrogens with one attached hydrogen (secondary N) is 1.